The van der Waals surface area contributed by atoms with Crippen molar-refractivity contribution in [1.29, 1.82) is 0 Å². The first-order valence-electron chi connectivity index (χ1n) is 9.36. The molecule has 0 radical (unpaired) electrons. The summed E-state index contributed by atoms with van der Waals surface area (Å²) < 4.78 is 10.8. The maximum atomic E-state index is 13.0. The van der Waals surface area contributed by atoms with E-state index in [-0.39, 0.29) is 19.2 Å². The van der Waals surface area contributed by atoms with Crippen LogP contribution >= 0.6 is 0 Å². The molecular weight excluding hydrogens is 354 g/mol. The lowest BCUT2D eigenvalue weighted by molar-refractivity contribution is -0.142. The van der Waals surface area contributed by atoms with Crippen LogP contribution in [0.4, 0.5) is 0 Å². The van der Waals surface area contributed by atoms with Crippen LogP contribution < -0.4 is 0 Å². The largest absolute Gasteiger partial charge is 0.462 e. The summed E-state index contributed by atoms with van der Waals surface area (Å²) in [4.78, 5) is 29.9. The minimum Gasteiger partial charge on any atom is -0.462 e. The first-order chi connectivity index (χ1) is 13.6. The zero-order valence-corrected chi connectivity index (χ0v) is 15.6. The Bertz CT molecular complexity index is 947. The lowest BCUT2D eigenvalue weighted by atomic mass is 9.76. The van der Waals surface area contributed by atoms with E-state index in [0.717, 1.165) is 11.1 Å². The maximum Gasteiger partial charge on any atom is 0.336 e. The molecule has 0 spiro atoms. The van der Waals surface area contributed by atoms with Crippen LogP contribution in [0, 0.1) is 5.92 Å². The van der Waals surface area contributed by atoms with Crippen molar-refractivity contribution in [3.05, 3.63) is 83.1 Å². The molecular formula is C23H21NO4. The van der Waals surface area contributed by atoms with Crippen LogP contribution in [0.5, 0.6) is 0 Å². The number of rotatable bonds is 5. The highest BCUT2D eigenvalue weighted by Gasteiger charge is 2.47. The zero-order chi connectivity index (χ0) is 19.5. The Kier molecular flexibility index (Phi) is 5.06. The highest BCUT2D eigenvalue weighted by Crippen LogP contribution is 2.41. The summed E-state index contributed by atoms with van der Waals surface area (Å²) >= 11 is 0. The van der Waals surface area contributed by atoms with Crippen LogP contribution in [0.1, 0.15) is 24.0 Å². The average molecular weight is 375 g/mol. The van der Waals surface area contributed by atoms with Crippen molar-refractivity contribution in [2.24, 2.45) is 10.9 Å². The van der Waals surface area contributed by atoms with E-state index >= 15 is 0 Å². The number of aliphatic imine (C=N–C) groups is 1. The minimum atomic E-state index is -0.567. The van der Waals surface area contributed by atoms with Gasteiger partial charge in [-0.3, -0.25) is 9.79 Å². The summed E-state index contributed by atoms with van der Waals surface area (Å²) in [6.07, 6.45) is 0.634. The lowest BCUT2D eigenvalue weighted by Gasteiger charge is -2.28. The van der Waals surface area contributed by atoms with Gasteiger partial charge in [-0.15, -0.1) is 0 Å². The van der Waals surface area contributed by atoms with Crippen molar-refractivity contribution < 1.29 is 19.1 Å². The molecule has 2 heterocycles. The van der Waals surface area contributed by atoms with Crippen molar-refractivity contribution in [2.45, 2.75) is 19.3 Å². The first kappa shape index (κ1) is 18.2. The van der Waals surface area contributed by atoms with Gasteiger partial charge in [-0.25, -0.2) is 4.79 Å². The average Bonchev–Trinajstić information content (AvgIpc) is 3.08. The van der Waals surface area contributed by atoms with Crippen molar-refractivity contribution in [2.75, 3.05) is 13.2 Å². The zero-order valence-electron chi connectivity index (χ0n) is 15.6. The molecule has 2 aliphatic heterocycles. The fraction of sp³-hybridized carbons (Fsp3) is 0.261. The van der Waals surface area contributed by atoms with Gasteiger partial charge in [0.05, 0.1) is 17.9 Å². The normalized spacial score (nSPS) is 21.0. The first-order valence-corrected chi connectivity index (χ1v) is 9.36. The Hall–Kier alpha value is -3.21. The Balaban J connectivity index is 1.60. The highest BCUT2D eigenvalue weighted by atomic mass is 16.5. The number of fused-ring (bicyclic) bond motifs is 1. The van der Waals surface area contributed by atoms with E-state index in [2.05, 4.69) is 4.99 Å². The second-order valence-corrected chi connectivity index (χ2v) is 6.95. The van der Waals surface area contributed by atoms with Gasteiger partial charge in [-0.05, 0) is 18.1 Å². The Morgan fingerprint density at radius 2 is 1.75 bits per heavy atom. The predicted molar refractivity (Wildman–Crippen MR) is 105 cm³/mol. The molecule has 1 fully saturated rings. The molecule has 2 atom stereocenters. The van der Waals surface area contributed by atoms with Crippen LogP contribution in [0.15, 0.2) is 76.9 Å². The number of cyclic esters (lactones) is 1. The Labute approximate surface area is 163 Å². The summed E-state index contributed by atoms with van der Waals surface area (Å²) in [5, 5.41) is 0. The summed E-state index contributed by atoms with van der Waals surface area (Å²) in [6.45, 7) is 2.24. The third-order valence-electron chi connectivity index (χ3n) is 5.17. The quantitative estimate of drug-likeness (QED) is 0.751. The van der Waals surface area contributed by atoms with Gasteiger partial charge in [0.1, 0.15) is 12.5 Å². The molecule has 0 saturated carbocycles. The molecule has 2 aromatic carbocycles. The van der Waals surface area contributed by atoms with Gasteiger partial charge in [0, 0.05) is 18.0 Å². The van der Waals surface area contributed by atoms with Gasteiger partial charge in [0.2, 0.25) is 0 Å². The van der Waals surface area contributed by atoms with E-state index in [0.29, 0.717) is 23.4 Å². The van der Waals surface area contributed by atoms with E-state index in [4.69, 9.17) is 9.47 Å². The predicted octanol–water partition coefficient (Wildman–Crippen LogP) is 3.46. The Morgan fingerprint density at radius 3 is 2.46 bits per heavy atom. The van der Waals surface area contributed by atoms with Crippen molar-refractivity contribution in [1.82, 2.24) is 0 Å². The summed E-state index contributed by atoms with van der Waals surface area (Å²) in [7, 11) is 0. The summed E-state index contributed by atoms with van der Waals surface area (Å²) in [5.74, 6) is -1.77. The molecule has 2 unspecified atom stereocenters. The Morgan fingerprint density at radius 1 is 1.07 bits per heavy atom. The van der Waals surface area contributed by atoms with E-state index in [1.165, 1.54) is 0 Å². The number of benzene rings is 2. The number of esters is 2. The second-order valence-electron chi connectivity index (χ2n) is 6.95. The summed E-state index contributed by atoms with van der Waals surface area (Å²) in [6, 6.07) is 19.4. The molecule has 0 amide bonds. The van der Waals surface area contributed by atoms with E-state index < -0.39 is 17.8 Å². The van der Waals surface area contributed by atoms with Gasteiger partial charge in [-0.1, -0.05) is 60.7 Å². The van der Waals surface area contributed by atoms with Crippen molar-refractivity contribution in [3.8, 4) is 0 Å². The molecule has 0 aromatic heterocycles. The van der Waals surface area contributed by atoms with Crippen LogP contribution in [0.3, 0.4) is 0 Å². The number of hydrogen-bond acceptors (Lipinski definition) is 5. The molecule has 2 aromatic rings. The van der Waals surface area contributed by atoms with Crippen LogP contribution in [0.25, 0.3) is 0 Å². The van der Waals surface area contributed by atoms with Crippen LogP contribution in [-0.2, 0) is 25.5 Å². The fourth-order valence-corrected chi connectivity index (χ4v) is 3.84. The SMILES string of the molecule is CC1=C(C(=O)OCCc2ccccc2)C(c2ccccc2)C2C(=O)OCC2=N1. The van der Waals surface area contributed by atoms with Crippen LogP contribution in [-0.4, -0.2) is 30.9 Å². The van der Waals surface area contributed by atoms with E-state index in [1.807, 2.05) is 60.7 Å². The fourth-order valence-electron chi connectivity index (χ4n) is 3.84. The number of hydrogen-bond donors (Lipinski definition) is 0. The monoisotopic (exact) mass is 375 g/mol. The molecule has 0 aliphatic carbocycles. The van der Waals surface area contributed by atoms with E-state index in [9.17, 15) is 9.59 Å². The lowest BCUT2D eigenvalue weighted by Crippen LogP contribution is -2.32. The number of ether oxygens (including phenoxy) is 2. The number of carbonyl (C=O) groups excluding carboxylic acids is 2. The highest BCUT2D eigenvalue weighted by molar-refractivity contribution is 6.12. The van der Waals surface area contributed by atoms with Gasteiger partial charge in [-0.2, -0.15) is 0 Å². The molecule has 0 bridgehead atoms. The maximum absolute atomic E-state index is 13.0. The van der Waals surface area contributed by atoms with Crippen molar-refractivity contribution >= 4 is 17.7 Å². The number of carbonyl (C=O) groups is 2. The van der Waals surface area contributed by atoms with Crippen molar-refractivity contribution in [3.63, 3.8) is 0 Å². The number of nitrogens with zero attached hydrogens (tertiary/aromatic N) is 1. The third kappa shape index (κ3) is 3.48. The topological polar surface area (TPSA) is 65.0 Å². The molecule has 5 heteroatoms. The molecule has 142 valence electrons. The molecule has 4 rings (SSSR count). The second kappa shape index (κ2) is 7.80. The summed E-state index contributed by atoms with van der Waals surface area (Å²) in [5.41, 5.74) is 3.68. The standard InChI is InChI=1S/C23H21NO4/c1-15-19(22(25)27-13-12-16-8-4-2-5-9-16)20(17-10-6-3-7-11-17)21-18(24-15)14-28-23(21)26/h2-11,20-21H,12-14H2,1H3. The molecule has 28 heavy (non-hydrogen) atoms. The van der Waals surface area contributed by atoms with Gasteiger partial charge in [0.25, 0.3) is 0 Å². The van der Waals surface area contributed by atoms with Gasteiger partial charge in [0.15, 0.2) is 0 Å². The van der Waals surface area contributed by atoms with Crippen LogP contribution in [0.2, 0.25) is 0 Å². The van der Waals surface area contributed by atoms with Gasteiger partial charge < -0.3 is 9.47 Å². The van der Waals surface area contributed by atoms with E-state index in [1.54, 1.807) is 6.92 Å². The molecule has 2 aliphatic rings. The van der Waals surface area contributed by atoms with Gasteiger partial charge >= 0.3 is 11.9 Å². The third-order valence-corrected chi connectivity index (χ3v) is 5.17. The minimum absolute atomic E-state index is 0.181. The molecule has 1 saturated heterocycles. The smallest absolute Gasteiger partial charge is 0.336 e. The molecule has 0 N–H and O–H groups in total. The number of allylic oxidation sites excluding steroid dienone is 1. The molecule has 5 nitrogen and oxygen atoms in total.